The predicted octanol–water partition coefficient (Wildman–Crippen LogP) is 3.18. The Balaban J connectivity index is 1.71. The SMILES string of the molecule is Cc1ccc(Nc2c(NC(=O)c3cncnc3)ccnc2N2C[C@@H](C)O[C@@H](C)C2)cn1. The van der Waals surface area contributed by atoms with Gasteiger partial charge in [0.05, 0.1) is 35.3 Å². The smallest absolute Gasteiger partial charge is 0.258 e. The second-order valence-electron chi connectivity index (χ2n) is 7.61. The normalized spacial score (nSPS) is 18.5. The number of morpholine rings is 1. The molecule has 0 radical (unpaired) electrons. The topological polar surface area (TPSA) is 105 Å². The summed E-state index contributed by atoms with van der Waals surface area (Å²) < 4.78 is 5.88. The first-order valence-electron chi connectivity index (χ1n) is 10.1. The second-order valence-corrected chi connectivity index (χ2v) is 7.61. The maximum Gasteiger partial charge on any atom is 0.258 e. The Kier molecular flexibility index (Phi) is 6.03. The van der Waals surface area contributed by atoms with Crippen molar-refractivity contribution in [2.45, 2.75) is 33.0 Å². The van der Waals surface area contributed by atoms with Gasteiger partial charge in [-0.05, 0) is 39.0 Å². The molecule has 9 heteroatoms. The van der Waals surface area contributed by atoms with Crippen molar-refractivity contribution in [2.75, 3.05) is 28.6 Å². The van der Waals surface area contributed by atoms with Crippen molar-refractivity contribution in [2.24, 2.45) is 0 Å². The number of carbonyl (C=O) groups is 1. The number of ether oxygens (including phenoxy) is 1. The third-order valence-corrected chi connectivity index (χ3v) is 4.90. The molecule has 0 aliphatic carbocycles. The van der Waals surface area contributed by atoms with Crippen LogP contribution in [0.4, 0.5) is 22.9 Å². The minimum Gasteiger partial charge on any atom is -0.372 e. The van der Waals surface area contributed by atoms with Gasteiger partial charge in [0, 0.05) is 37.4 Å². The molecule has 3 aromatic rings. The number of amides is 1. The van der Waals surface area contributed by atoms with Crippen molar-refractivity contribution in [1.29, 1.82) is 0 Å². The van der Waals surface area contributed by atoms with Gasteiger partial charge in [-0.25, -0.2) is 15.0 Å². The molecule has 0 saturated carbocycles. The van der Waals surface area contributed by atoms with Gasteiger partial charge in [-0.2, -0.15) is 0 Å². The lowest BCUT2D eigenvalue weighted by Crippen LogP contribution is -2.46. The molecule has 1 aliphatic rings. The molecule has 0 spiro atoms. The fourth-order valence-electron chi connectivity index (χ4n) is 3.57. The molecule has 2 atom stereocenters. The fourth-order valence-corrected chi connectivity index (χ4v) is 3.57. The van der Waals surface area contributed by atoms with Gasteiger partial charge in [0.15, 0.2) is 5.82 Å². The molecule has 2 N–H and O–H groups in total. The molecule has 160 valence electrons. The number of hydrogen-bond acceptors (Lipinski definition) is 8. The Labute approximate surface area is 180 Å². The lowest BCUT2D eigenvalue weighted by Gasteiger charge is -2.37. The van der Waals surface area contributed by atoms with Gasteiger partial charge >= 0.3 is 0 Å². The Morgan fingerprint density at radius 3 is 2.48 bits per heavy atom. The second kappa shape index (κ2) is 9.05. The lowest BCUT2D eigenvalue weighted by atomic mass is 10.2. The Bertz CT molecular complexity index is 1030. The Hall–Kier alpha value is -3.59. The van der Waals surface area contributed by atoms with E-state index >= 15 is 0 Å². The molecule has 0 bridgehead atoms. The van der Waals surface area contributed by atoms with Gasteiger partial charge in [-0.3, -0.25) is 9.78 Å². The fraction of sp³-hybridized carbons (Fsp3) is 0.318. The van der Waals surface area contributed by atoms with E-state index in [0.29, 0.717) is 30.0 Å². The van der Waals surface area contributed by atoms with E-state index in [1.54, 1.807) is 18.5 Å². The van der Waals surface area contributed by atoms with Crippen molar-refractivity contribution in [3.63, 3.8) is 0 Å². The summed E-state index contributed by atoms with van der Waals surface area (Å²) in [5.41, 5.74) is 3.39. The number of nitrogens with one attached hydrogen (secondary N) is 2. The molecule has 1 fully saturated rings. The summed E-state index contributed by atoms with van der Waals surface area (Å²) in [5, 5.41) is 6.36. The largest absolute Gasteiger partial charge is 0.372 e. The monoisotopic (exact) mass is 419 g/mol. The molecular formula is C22H25N7O2. The van der Waals surface area contributed by atoms with Crippen LogP contribution in [0, 0.1) is 6.92 Å². The molecule has 0 aromatic carbocycles. The summed E-state index contributed by atoms with van der Waals surface area (Å²) in [5.74, 6) is 0.441. The van der Waals surface area contributed by atoms with E-state index in [4.69, 9.17) is 4.74 Å². The molecular weight excluding hydrogens is 394 g/mol. The van der Waals surface area contributed by atoms with Gasteiger partial charge < -0.3 is 20.3 Å². The van der Waals surface area contributed by atoms with Crippen LogP contribution in [-0.2, 0) is 4.74 Å². The van der Waals surface area contributed by atoms with Crippen LogP contribution in [0.1, 0.15) is 29.9 Å². The summed E-state index contributed by atoms with van der Waals surface area (Å²) >= 11 is 0. The van der Waals surface area contributed by atoms with E-state index in [1.165, 1.54) is 18.7 Å². The minimum absolute atomic E-state index is 0.0687. The summed E-state index contributed by atoms with van der Waals surface area (Å²) in [6.07, 6.45) is 7.93. The van der Waals surface area contributed by atoms with Crippen LogP contribution in [0.3, 0.4) is 0 Å². The first-order valence-corrected chi connectivity index (χ1v) is 10.1. The van der Waals surface area contributed by atoms with Crippen molar-refractivity contribution >= 4 is 28.8 Å². The highest BCUT2D eigenvalue weighted by molar-refractivity contribution is 6.06. The zero-order chi connectivity index (χ0) is 21.8. The molecule has 4 heterocycles. The van der Waals surface area contributed by atoms with Crippen molar-refractivity contribution in [1.82, 2.24) is 19.9 Å². The summed E-state index contributed by atoms with van der Waals surface area (Å²) in [4.78, 5) is 31.8. The molecule has 3 aromatic heterocycles. The zero-order valence-electron chi connectivity index (χ0n) is 17.7. The number of aromatic nitrogens is 4. The van der Waals surface area contributed by atoms with E-state index in [9.17, 15) is 4.79 Å². The van der Waals surface area contributed by atoms with Crippen LogP contribution in [-0.4, -0.2) is 51.1 Å². The maximum absolute atomic E-state index is 12.8. The predicted molar refractivity (Wildman–Crippen MR) is 119 cm³/mol. The minimum atomic E-state index is -0.299. The first-order chi connectivity index (χ1) is 15.0. The molecule has 1 amide bonds. The van der Waals surface area contributed by atoms with Gasteiger partial charge in [-0.15, -0.1) is 0 Å². The van der Waals surface area contributed by atoms with Crippen molar-refractivity contribution in [3.8, 4) is 0 Å². The third-order valence-electron chi connectivity index (χ3n) is 4.90. The summed E-state index contributed by atoms with van der Waals surface area (Å²) in [6.45, 7) is 7.41. The van der Waals surface area contributed by atoms with E-state index < -0.39 is 0 Å². The zero-order valence-corrected chi connectivity index (χ0v) is 17.7. The molecule has 1 saturated heterocycles. The van der Waals surface area contributed by atoms with Gasteiger partial charge in [0.2, 0.25) is 0 Å². The Morgan fingerprint density at radius 2 is 1.81 bits per heavy atom. The number of aryl methyl sites for hydroxylation is 1. The van der Waals surface area contributed by atoms with Crippen LogP contribution >= 0.6 is 0 Å². The van der Waals surface area contributed by atoms with Crippen LogP contribution in [0.2, 0.25) is 0 Å². The standard InChI is InChI=1S/C22H25N7O2/c1-14-4-5-18(10-26-14)27-20-19(28-22(30)17-8-23-13-24-9-17)6-7-25-21(20)29-11-15(2)31-16(3)12-29/h4-10,13,15-16,27H,11-12H2,1-3H3,(H,25,28,30)/t15-,16+. The quantitative estimate of drug-likeness (QED) is 0.650. The van der Waals surface area contributed by atoms with Gasteiger partial charge in [-0.1, -0.05) is 0 Å². The number of pyridine rings is 2. The van der Waals surface area contributed by atoms with E-state index in [2.05, 4.69) is 35.5 Å². The lowest BCUT2D eigenvalue weighted by molar-refractivity contribution is -0.00541. The summed E-state index contributed by atoms with van der Waals surface area (Å²) in [7, 11) is 0. The third kappa shape index (κ3) is 4.95. The van der Waals surface area contributed by atoms with Crippen LogP contribution in [0.25, 0.3) is 0 Å². The van der Waals surface area contributed by atoms with Gasteiger partial charge in [0.25, 0.3) is 5.91 Å². The highest BCUT2D eigenvalue weighted by Gasteiger charge is 2.26. The van der Waals surface area contributed by atoms with Crippen molar-refractivity contribution in [3.05, 3.63) is 60.6 Å². The highest BCUT2D eigenvalue weighted by atomic mass is 16.5. The maximum atomic E-state index is 12.8. The Morgan fingerprint density at radius 1 is 1.06 bits per heavy atom. The van der Waals surface area contributed by atoms with E-state index in [1.807, 2.05) is 32.9 Å². The molecule has 9 nitrogen and oxygen atoms in total. The molecule has 1 aliphatic heterocycles. The molecule has 0 unspecified atom stereocenters. The van der Waals surface area contributed by atoms with E-state index in [-0.39, 0.29) is 18.1 Å². The number of hydrogen-bond donors (Lipinski definition) is 2. The number of anilines is 4. The first kappa shape index (κ1) is 20.7. The average molecular weight is 419 g/mol. The number of nitrogens with zero attached hydrogens (tertiary/aromatic N) is 5. The highest BCUT2D eigenvalue weighted by Crippen LogP contribution is 2.35. The average Bonchev–Trinajstić information content (AvgIpc) is 2.76. The molecule has 4 rings (SSSR count). The van der Waals surface area contributed by atoms with E-state index in [0.717, 1.165) is 17.2 Å². The number of carbonyl (C=O) groups excluding carboxylic acids is 1. The van der Waals surface area contributed by atoms with Gasteiger partial charge in [0.1, 0.15) is 12.0 Å². The molecule has 31 heavy (non-hydrogen) atoms. The summed E-state index contributed by atoms with van der Waals surface area (Å²) in [6, 6.07) is 5.64. The van der Waals surface area contributed by atoms with Crippen molar-refractivity contribution < 1.29 is 9.53 Å². The number of rotatable bonds is 5. The van der Waals surface area contributed by atoms with Crippen LogP contribution in [0.15, 0.2) is 49.3 Å². The van der Waals surface area contributed by atoms with Crippen LogP contribution in [0.5, 0.6) is 0 Å². The van der Waals surface area contributed by atoms with Crippen LogP contribution < -0.4 is 15.5 Å².